The molecule has 0 spiro atoms. The zero-order chi connectivity index (χ0) is 36.5. The first-order valence-corrected chi connectivity index (χ1v) is 17.7. The molecule has 3 aromatic heterocycles. The van der Waals surface area contributed by atoms with Crippen molar-refractivity contribution in [3.8, 4) is 16.9 Å². The fraction of sp³-hybridized carbons (Fsp3) is 0.300. The van der Waals surface area contributed by atoms with Crippen LogP contribution in [0.5, 0.6) is 5.75 Å². The Labute approximate surface area is 306 Å². The maximum atomic E-state index is 15.0. The molecular formula is C40H39Cl2N5O4. The Hall–Kier alpha value is -4.86. The summed E-state index contributed by atoms with van der Waals surface area (Å²) < 4.78 is 10.2. The lowest BCUT2D eigenvalue weighted by molar-refractivity contribution is 0.0696. The van der Waals surface area contributed by atoms with Gasteiger partial charge < -0.3 is 19.3 Å². The van der Waals surface area contributed by atoms with Crippen LogP contribution in [-0.4, -0.2) is 49.5 Å². The van der Waals surface area contributed by atoms with Gasteiger partial charge in [-0.25, -0.2) is 4.79 Å². The van der Waals surface area contributed by atoms with Gasteiger partial charge in [-0.2, -0.15) is 5.10 Å². The molecule has 4 heterocycles. The number of nitrogens with zero attached hydrogens (tertiary/aromatic N) is 5. The van der Waals surface area contributed by atoms with Crippen molar-refractivity contribution >= 4 is 62.6 Å². The van der Waals surface area contributed by atoms with Crippen molar-refractivity contribution in [1.29, 1.82) is 0 Å². The van der Waals surface area contributed by atoms with E-state index in [1.807, 2.05) is 82.7 Å². The number of pyridine rings is 1. The Kier molecular flexibility index (Phi) is 8.84. The van der Waals surface area contributed by atoms with E-state index >= 15 is 4.79 Å². The second-order valence-corrected chi connectivity index (χ2v) is 14.4. The lowest BCUT2D eigenvalue weighted by Crippen LogP contribution is -2.43. The molecule has 0 radical (unpaired) electrons. The summed E-state index contributed by atoms with van der Waals surface area (Å²) >= 11 is 13.5. The predicted octanol–water partition coefficient (Wildman–Crippen LogP) is 9.37. The number of carbonyl (C=O) groups is 2. The summed E-state index contributed by atoms with van der Waals surface area (Å²) in [5.74, 6) is -0.444. The molecule has 0 saturated carbocycles. The molecule has 0 bridgehead atoms. The van der Waals surface area contributed by atoms with Crippen molar-refractivity contribution in [3.63, 3.8) is 0 Å². The smallest absolute Gasteiger partial charge is 0.337 e. The number of aromatic nitrogens is 4. The molecule has 262 valence electrons. The lowest BCUT2D eigenvalue weighted by atomic mass is 9.98. The molecule has 1 N–H and O–H groups in total. The SMILES string of the molecule is Cc1cc(N2C[C@@H](C)n3c(c(CCCOc4cc(C)c(Cl)c(C)c4)c4ccc(Cl)c(-c5c(C)nn(C)c5C)c43)C2=O)c2ncc(C(=O)O)cc2c1. The number of anilines is 1. The fourth-order valence-corrected chi connectivity index (χ4v) is 7.99. The van der Waals surface area contributed by atoms with Gasteiger partial charge in [-0.15, -0.1) is 0 Å². The summed E-state index contributed by atoms with van der Waals surface area (Å²) in [5.41, 5.74) is 10.2. The van der Waals surface area contributed by atoms with Gasteiger partial charge in [0, 0.05) is 58.4 Å². The number of ether oxygens (including phenoxy) is 1. The topological polar surface area (TPSA) is 102 Å². The van der Waals surface area contributed by atoms with Crippen molar-refractivity contribution in [2.45, 2.75) is 60.4 Å². The van der Waals surface area contributed by atoms with E-state index in [0.29, 0.717) is 53.3 Å². The highest BCUT2D eigenvalue weighted by atomic mass is 35.5. The van der Waals surface area contributed by atoms with Crippen molar-refractivity contribution in [2.75, 3.05) is 18.1 Å². The minimum Gasteiger partial charge on any atom is -0.494 e. The predicted molar refractivity (Wildman–Crippen MR) is 203 cm³/mol. The summed E-state index contributed by atoms with van der Waals surface area (Å²) in [6, 6.07) is 13.1. The van der Waals surface area contributed by atoms with E-state index in [4.69, 9.17) is 33.0 Å². The molecule has 11 heteroatoms. The van der Waals surface area contributed by atoms with Crippen molar-refractivity contribution in [2.24, 2.45) is 7.05 Å². The van der Waals surface area contributed by atoms with Crippen LogP contribution in [0.2, 0.25) is 10.0 Å². The second kappa shape index (κ2) is 13.0. The van der Waals surface area contributed by atoms with Gasteiger partial charge >= 0.3 is 5.97 Å². The Morgan fingerprint density at radius 3 is 2.41 bits per heavy atom. The molecule has 3 aromatic carbocycles. The number of benzene rings is 3. The normalized spacial score (nSPS) is 14.5. The number of amides is 1. The number of hydrogen-bond acceptors (Lipinski definition) is 5. The summed E-state index contributed by atoms with van der Waals surface area (Å²) in [6.07, 6.45) is 2.59. The summed E-state index contributed by atoms with van der Waals surface area (Å²) in [6.45, 7) is 12.8. The van der Waals surface area contributed by atoms with Crippen LogP contribution in [0.25, 0.3) is 32.9 Å². The largest absolute Gasteiger partial charge is 0.494 e. The van der Waals surface area contributed by atoms with Crippen LogP contribution in [-0.2, 0) is 13.5 Å². The molecule has 1 atom stereocenters. The van der Waals surface area contributed by atoms with E-state index in [1.54, 1.807) is 11.0 Å². The van der Waals surface area contributed by atoms with E-state index in [9.17, 15) is 9.90 Å². The summed E-state index contributed by atoms with van der Waals surface area (Å²) in [7, 11) is 1.92. The number of aromatic carboxylic acids is 1. The third-order valence-electron chi connectivity index (χ3n) is 10.0. The number of carboxylic acid groups (broad SMARTS) is 1. The van der Waals surface area contributed by atoms with Gasteiger partial charge in [0.25, 0.3) is 5.91 Å². The average Bonchev–Trinajstić information content (AvgIpc) is 3.55. The van der Waals surface area contributed by atoms with Gasteiger partial charge in [0.15, 0.2) is 0 Å². The molecule has 0 saturated heterocycles. The molecule has 1 aliphatic rings. The van der Waals surface area contributed by atoms with Gasteiger partial charge in [-0.1, -0.05) is 29.3 Å². The molecule has 0 aliphatic carbocycles. The molecule has 9 nitrogen and oxygen atoms in total. The standard InChI is InChI=1S/C40H39Cl2N5O4/c1-20-13-26-17-27(40(49)50)18-43-36(26)32(14-20)46-19-23(4)47-37-30(10-11-31(41)34(37)33-24(5)44-45(7)25(33)6)29(38(47)39(46)48)9-8-12-51-28-15-21(2)35(42)22(3)16-28/h10-11,13-18,23H,8-9,12,19H2,1-7H3,(H,49,50)/t23-/m1/s1. The quantitative estimate of drug-likeness (QED) is 0.157. The van der Waals surface area contributed by atoms with Crippen molar-refractivity contribution < 1.29 is 19.4 Å². The highest BCUT2D eigenvalue weighted by molar-refractivity contribution is 6.35. The van der Waals surface area contributed by atoms with Gasteiger partial charge in [0.2, 0.25) is 0 Å². The lowest BCUT2D eigenvalue weighted by Gasteiger charge is -2.35. The first-order chi connectivity index (χ1) is 24.3. The second-order valence-electron chi connectivity index (χ2n) is 13.7. The minimum atomic E-state index is -1.05. The number of aryl methyl sites for hydroxylation is 6. The van der Waals surface area contributed by atoms with Gasteiger partial charge in [0.05, 0.1) is 39.6 Å². The van der Waals surface area contributed by atoms with E-state index in [2.05, 4.69) is 16.5 Å². The number of carbonyl (C=O) groups excluding carboxylic acids is 1. The third kappa shape index (κ3) is 5.82. The molecular weight excluding hydrogens is 685 g/mol. The molecule has 6 aromatic rings. The first kappa shape index (κ1) is 34.6. The number of fused-ring (bicyclic) bond motifs is 4. The molecule has 0 fully saturated rings. The number of rotatable bonds is 8. The molecule has 1 amide bonds. The molecule has 51 heavy (non-hydrogen) atoms. The van der Waals surface area contributed by atoms with Crippen LogP contribution >= 0.6 is 23.2 Å². The molecule has 7 rings (SSSR count). The van der Waals surface area contributed by atoms with Crippen LogP contribution in [0, 0.1) is 34.6 Å². The van der Waals surface area contributed by atoms with Gasteiger partial charge in [-0.05, 0) is 113 Å². The highest BCUT2D eigenvalue weighted by Gasteiger charge is 2.37. The maximum Gasteiger partial charge on any atom is 0.337 e. The average molecular weight is 725 g/mol. The highest BCUT2D eigenvalue weighted by Crippen LogP contribution is 2.45. The first-order valence-electron chi connectivity index (χ1n) is 17.0. The summed E-state index contributed by atoms with van der Waals surface area (Å²) in [5, 5.41) is 17.3. The fourth-order valence-electron chi connectivity index (χ4n) is 7.64. The Morgan fingerprint density at radius 1 is 1.02 bits per heavy atom. The van der Waals surface area contributed by atoms with Crippen molar-refractivity contribution in [1.82, 2.24) is 19.3 Å². The van der Waals surface area contributed by atoms with Crippen LogP contribution in [0.4, 0.5) is 5.69 Å². The maximum absolute atomic E-state index is 15.0. The molecule has 0 unspecified atom stereocenters. The van der Waals surface area contributed by atoms with E-state index in [-0.39, 0.29) is 17.5 Å². The van der Waals surface area contributed by atoms with Crippen LogP contribution < -0.4 is 9.64 Å². The minimum absolute atomic E-state index is 0.0938. The zero-order valence-electron chi connectivity index (χ0n) is 29.7. The molecule has 1 aliphatic heterocycles. The van der Waals surface area contributed by atoms with E-state index < -0.39 is 5.97 Å². The van der Waals surface area contributed by atoms with Crippen LogP contribution in [0.1, 0.15) is 73.9 Å². The summed E-state index contributed by atoms with van der Waals surface area (Å²) in [4.78, 5) is 33.1. The van der Waals surface area contributed by atoms with Gasteiger partial charge in [-0.3, -0.25) is 14.5 Å². The van der Waals surface area contributed by atoms with Gasteiger partial charge in [0.1, 0.15) is 11.4 Å². The zero-order valence-corrected chi connectivity index (χ0v) is 31.2. The Bertz CT molecular complexity index is 2410. The Morgan fingerprint density at radius 2 is 1.75 bits per heavy atom. The van der Waals surface area contributed by atoms with Crippen molar-refractivity contribution in [3.05, 3.63) is 104 Å². The number of hydrogen-bond donors (Lipinski definition) is 1. The Balaban J connectivity index is 1.38. The van der Waals surface area contributed by atoms with E-state index in [1.165, 1.54) is 6.20 Å². The van der Waals surface area contributed by atoms with Crippen LogP contribution in [0.3, 0.4) is 0 Å². The van der Waals surface area contributed by atoms with E-state index in [0.717, 1.165) is 66.4 Å². The third-order valence-corrected chi connectivity index (χ3v) is 10.9. The number of halogens is 2. The monoisotopic (exact) mass is 723 g/mol. The van der Waals surface area contributed by atoms with Crippen LogP contribution in [0.15, 0.2) is 48.7 Å². The number of carboxylic acids is 1.